The second-order valence-electron chi connectivity index (χ2n) is 5.98. The standard InChI is InChI=1S/C16H17N7O2/c1-12-10-15(22-16(19-12)17-11-18-22)21-8-6-20(7-9-21)13-2-4-14(5-3-13)23(24)25/h2-5,10-11H,6-9H2,1H3. The molecule has 1 saturated heterocycles. The zero-order valence-corrected chi connectivity index (χ0v) is 13.7. The van der Waals surface area contributed by atoms with E-state index in [0.717, 1.165) is 43.4 Å². The molecule has 9 heteroatoms. The van der Waals surface area contributed by atoms with Crippen molar-refractivity contribution in [2.75, 3.05) is 36.0 Å². The number of hydrogen-bond donors (Lipinski definition) is 0. The van der Waals surface area contributed by atoms with Gasteiger partial charge in [-0.3, -0.25) is 10.1 Å². The third-order valence-electron chi connectivity index (χ3n) is 4.39. The molecule has 128 valence electrons. The van der Waals surface area contributed by atoms with Gasteiger partial charge in [-0.25, -0.2) is 4.98 Å². The van der Waals surface area contributed by atoms with Gasteiger partial charge in [-0.15, -0.1) is 0 Å². The maximum atomic E-state index is 10.8. The van der Waals surface area contributed by atoms with E-state index in [4.69, 9.17) is 0 Å². The van der Waals surface area contributed by atoms with Crippen LogP contribution in [0, 0.1) is 17.0 Å². The molecule has 0 unspecified atom stereocenters. The molecule has 0 N–H and O–H groups in total. The Morgan fingerprint density at radius 1 is 1.08 bits per heavy atom. The highest BCUT2D eigenvalue weighted by Gasteiger charge is 2.21. The predicted molar refractivity (Wildman–Crippen MR) is 93.0 cm³/mol. The normalized spacial score (nSPS) is 14.9. The number of fused-ring (bicyclic) bond motifs is 1. The Morgan fingerprint density at radius 2 is 1.76 bits per heavy atom. The van der Waals surface area contributed by atoms with Gasteiger partial charge in [0.1, 0.15) is 12.1 Å². The second-order valence-corrected chi connectivity index (χ2v) is 5.98. The van der Waals surface area contributed by atoms with Crippen LogP contribution in [-0.2, 0) is 0 Å². The highest BCUT2D eigenvalue weighted by Crippen LogP contribution is 2.23. The van der Waals surface area contributed by atoms with Crippen molar-refractivity contribution in [3.63, 3.8) is 0 Å². The first-order chi connectivity index (χ1) is 12.1. The minimum absolute atomic E-state index is 0.114. The van der Waals surface area contributed by atoms with E-state index in [1.807, 2.05) is 13.0 Å². The average molecular weight is 339 g/mol. The van der Waals surface area contributed by atoms with E-state index >= 15 is 0 Å². The van der Waals surface area contributed by atoms with Gasteiger partial charge in [0.15, 0.2) is 0 Å². The lowest BCUT2D eigenvalue weighted by molar-refractivity contribution is -0.384. The highest BCUT2D eigenvalue weighted by molar-refractivity contribution is 5.53. The summed E-state index contributed by atoms with van der Waals surface area (Å²) in [5.41, 5.74) is 2.03. The summed E-state index contributed by atoms with van der Waals surface area (Å²) in [7, 11) is 0. The number of hydrogen-bond acceptors (Lipinski definition) is 7. The van der Waals surface area contributed by atoms with Crippen LogP contribution in [0.5, 0.6) is 0 Å². The molecule has 3 heterocycles. The van der Waals surface area contributed by atoms with Gasteiger partial charge in [0.2, 0.25) is 0 Å². The van der Waals surface area contributed by atoms with Crippen LogP contribution in [0.4, 0.5) is 17.2 Å². The molecule has 1 aliphatic rings. The molecule has 9 nitrogen and oxygen atoms in total. The van der Waals surface area contributed by atoms with Crippen molar-refractivity contribution in [1.82, 2.24) is 19.6 Å². The molecule has 0 saturated carbocycles. The maximum absolute atomic E-state index is 10.8. The molecule has 1 aromatic carbocycles. The van der Waals surface area contributed by atoms with Gasteiger partial charge >= 0.3 is 0 Å². The van der Waals surface area contributed by atoms with Gasteiger partial charge in [-0.05, 0) is 19.1 Å². The van der Waals surface area contributed by atoms with Gasteiger partial charge in [0.05, 0.1) is 4.92 Å². The Bertz CT molecular complexity index is 914. The quantitative estimate of drug-likeness (QED) is 0.529. The number of non-ortho nitro benzene ring substituents is 1. The van der Waals surface area contributed by atoms with Gasteiger partial charge in [-0.1, -0.05) is 0 Å². The minimum Gasteiger partial charge on any atom is -0.368 e. The number of aryl methyl sites for hydroxylation is 1. The molecule has 0 bridgehead atoms. The molecule has 1 aliphatic heterocycles. The van der Waals surface area contributed by atoms with Crippen molar-refractivity contribution in [1.29, 1.82) is 0 Å². The molecule has 25 heavy (non-hydrogen) atoms. The summed E-state index contributed by atoms with van der Waals surface area (Å²) in [5.74, 6) is 1.59. The lowest BCUT2D eigenvalue weighted by Crippen LogP contribution is -2.47. The molecule has 1 fully saturated rings. The highest BCUT2D eigenvalue weighted by atomic mass is 16.6. The van der Waals surface area contributed by atoms with Crippen molar-refractivity contribution < 1.29 is 4.92 Å². The summed E-state index contributed by atoms with van der Waals surface area (Å²) >= 11 is 0. The first-order valence-electron chi connectivity index (χ1n) is 8.03. The number of benzene rings is 1. The molecule has 0 aliphatic carbocycles. The van der Waals surface area contributed by atoms with E-state index in [1.54, 1.807) is 28.8 Å². The van der Waals surface area contributed by atoms with E-state index in [-0.39, 0.29) is 10.6 Å². The number of nitrogens with zero attached hydrogens (tertiary/aromatic N) is 7. The van der Waals surface area contributed by atoms with Crippen LogP contribution in [0.1, 0.15) is 5.69 Å². The first-order valence-corrected chi connectivity index (χ1v) is 8.03. The molecule has 4 rings (SSSR count). The molecular weight excluding hydrogens is 322 g/mol. The summed E-state index contributed by atoms with van der Waals surface area (Å²) in [4.78, 5) is 23.4. The topological polar surface area (TPSA) is 92.7 Å². The molecule has 3 aromatic rings. The predicted octanol–water partition coefficient (Wildman–Crippen LogP) is 1.67. The van der Waals surface area contributed by atoms with E-state index in [0.29, 0.717) is 5.78 Å². The summed E-state index contributed by atoms with van der Waals surface area (Å²) in [6.07, 6.45) is 1.51. The van der Waals surface area contributed by atoms with Crippen molar-refractivity contribution in [2.24, 2.45) is 0 Å². The summed E-state index contributed by atoms with van der Waals surface area (Å²) in [6.45, 7) is 5.26. The number of piperazine rings is 1. The van der Waals surface area contributed by atoms with Crippen LogP contribution in [0.15, 0.2) is 36.7 Å². The number of nitro benzene ring substituents is 1. The van der Waals surface area contributed by atoms with Crippen molar-refractivity contribution in [3.05, 3.63) is 52.5 Å². The zero-order valence-electron chi connectivity index (χ0n) is 13.7. The van der Waals surface area contributed by atoms with Crippen LogP contribution in [0.3, 0.4) is 0 Å². The second kappa shape index (κ2) is 6.00. The Morgan fingerprint density at radius 3 is 2.44 bits per heavy atom. The minimum atomic E-state index is -0.378. The number of rotatable bonds is 3. The maximum Gasteiger partial charge on any atom is 0.269 e. The van der Waals surface area contributed by atoms with Gasteiger partial charge in [-0.2, -0.15) is 14.6 Å². The molecule has 2 aromatic heterocycles. The van der Waals surface area contributed by atoms with Crippen molar-refractivity contribution in [3.8, 4) is 0 Å². The van der Waals surface area contributed by atoms with Crippen molar-refractivity contribution in [2.45, 2.75) is 6.92 Å². The van der Waals surface area contributed by atoms with E-state index in [1.165, 1.54) is 6.33 Å². The number of anilines is 2. The molecule has 0 amide bonds. The lowest BCUT2D eigenvalue weighted by atomic mass is 10.2. The molecule has 0 atom stereocenters. The lowest BCUT2D eigenvalue weighted by Gasteiger charge is -2.37. The fourth-order valence-corrected chi connectivity index (χ4v) is 3.12. The fourth-order valence-electron chi connectivity index (χ4n) is 3.12. The fraction of sp³-hybridized carbons (Fsp3) is 0.312. The van der Waals surface area contributed by atoms with Gasteiger partial charge in [0.25, 0.3) is 11.5 Å². The summed E-state index contributed by atoms with van der Waals surface area (Å²) in [6, 6.07) is 8.73. The Hall–Kier alpha value is -3.23. The van der Waals surface area contributed by atoms with Gasteiger partial charge < -0.3 is 9.80 Å². The third kappa shape index (κ3) is 2.84. The number of nitro groups is 1. The van der Waals surface area contributed by atoms with Crippen molar-refractivity contribution >= 4 is 23.0 Å². The zero-order chi connectivity index (χ0) is 17.4. The molecule has 0 spiro atoms. The first kappa shape index (κ1) is 15.3. The Balaban J connectivity index is 1.51. The largest absolute Gasteiger partial charge is 0.368 e. The van der Waals surface area contributed by atoms with E-state index in [2.05, 4.69) is 24.9 Å². The average Bonchev–Trinajstić information content (AvgIpc) is 3.09. The van der Waals surface area contributed by atoms with Crippen LogP contribution < -0.4 is 9.80 Å². The Labute approximate surface area is 143 Å². The molecular formula is C16H17N7O2. The van der Waals surface area contributed by atoms with Crippen LogP contribution in [0.25, 0.3) is 5.78 Å². The van der Waals surface area contributed by atoms with E-state index in [9.17, 15) is 10.1 Å². The van der Waals surface area contributed by atoms with Gasteiger partial charge in [0, 0.05) is 55.8 Å². The SMILES string of the molecule is Cc1cc(N2CCN(c3ccc([N+](=O)[O-])cc3)CC2)n2ncnc2n1. The molecule has 0 radical (unpaired) electrons. The van der Waals surface area contributed by atoms with Crippen LogP contribution in [0.2, 0.25) is 0 Å². The summed E-state index contributed by atoms with van der Waals surface area (Å²) < 4.78 is 1.76. The monoisotopic (exact) mass is 339 g/mol. The van der Waals surface area contributed by atoms with E-state index < -0.39 is 0 Å². The summed E-state index contributed by atoms with van der Waals surface area (Å²) in [5, 5.41) is 15.0. The Kier molecular flexibility index (Phi) is 3.68. The third-order valence-corrected chi connectivity index (χ3v) is 4.39. The van der Waals surface area contributed by atoms with Crippen LogP contribution in [-0.4, -0.2) is 50.7 Å². The van der Waals surface area contributed by atoms with Crippen LogP contribution >= 0.6 is 0 Å². The number of aromatic nitrogens is 4. The smallest absolute Gasteiger partial charge is 0.269 e.